The number of nitrogens with zero attached hydrogens (tertiary/aromatic N) is 2. The summed E-state index contributed by atoms with van der Waals surface area (Å²) in [4.78, 5) is 0.232. The Hall–Kier alpha value is -1.70. The number of aryl methyl sites for hydroxylation is 1. The molecule has 0 radical (unpaired) electrons. The Morgan fingerprint density at radius 2 is 1.90 bits per heavy atom. The number of sulfonamides is 1. The van der Waals surface area contributed by atoms with Gasteiger partial charge in [0.15, 0.2) is 0 Å². The maximum Gasteiger partial charge on any atom is 0.240 e. The minimum absolute atomic E-state index is 0.0510. The highest BCUT2D eigenvalue weighted by atomic mass is 32.2. The van der Waals surface area contributed by atoms with Crippen LogP contribution in [0.2, 0.25) is 0 Å². The summed E-state index contributed by atoms with van der Waals surface area (Å²) in [6, 6.07) is 6.53. The van der Waals surface area contributed by atoms with Gasteiger partial charge < -0.3 is 5.11 Å². The first-order valence-electron chi connectivity index (χ1n) is 6.68. The molecule has 0 saturated carbocycles. The number of nitrogens with one attached hydrogen (secondary N) is 1. The average molecular weight is 309 g/mol. The van der Waals surface area contributed by atoms with Crippen molar-refractivity contribution in [3.05, 3.63) is 47.8 Å². The molecule has 2 N–H and O–H groups in total. The zero-order chi connectivity index (χ0) is 15.3. The molecule has 21 heavy (non-hydrogen) atoms. The first-order chi connectivity index (χ1) is 10.0. The second kappa shape index (κ2) is 6.84. The Morgan fingerprint density at radius 1 is 1.19 bits per heavy atom. The minimum atomic E-state index is -3.50. The standard InChI is InChI=1S/C14H19N3O3S/c1-17-11-13(10-15-17)6-8-16-21(19,20)14-4-2-12(3-5-14)7-9-18/h2-5,10-11,16,18H,6-9H2,1H3. The van der Waals surface area contributed by atoms with Crippen molar-refractivity contribution >= 4 is 10.0 Å². The van der Waals surface area contributed by atoms with Gasteiger partial charge in [0, 0.05) is 26.4 Å². The van der Waals surface area contributed by atoms with Gasteiger partial charge in [-0.3, -0.25) is 4.68 Å². The normalized spacial score (nSPS) is 11.7. The van der Waals surface area contributed by atoms with Crippen LogP contribution < -0.4 is 4.72 Å². The summed E-state index contributed by atoms with van der Waals surface area (Å²) >= 11 is 0. The lowest BCUT2D eigenvalue weighted by atomic mass is 10.2. The molecule has 0 fully saturated rings. The van der Waals surface area contributed by atoms with Crippen LogP contribution in [0, 0.1) is 0 Å². The summed E-state index contributed by atoms with van der Waals surface area (Å²) in [7, 11) is -1.67. The van der Waals surface area contributed by atoms with Crippen LogP contribution in [0.25, 0.3) is 0 Å². The third kappa shape index (κ3) is 4.38. The van der Waals surface area contributed by atoms with Crippen molar-refractivity contribution in [2.75, 3.05) is 13.2 Å². The molecule has 0 unspecified atom stereocenters. The molecule has 1 aromatic carbocycles. The van der Waals surface area contributed by atoms with Crippen LogP contribution in [0.15, 0.2) is 41.6 Å². The predicted molar refractivity (Wildman–Crippen MR) is 79.3 cm³/mol. The van der Waals surface area contributed by atoms with E-state index in [1.165, 1.54) is 0 Å². The first-order valence-corrected chi connectivity index (χ1v) is 8.16. The topological polar surface area (TPSA) is 84.2 Å². The van der Waals surface area contributed by atoms with Crippen molar-refractivity contribution in [1.29, 1.82) is 0 Å². The van der Waals surface area contributed by atoms with E-state index >= 15 is 0 Å². The fourth-order valence-corrected chi connectivity index (χ4v) is 3.01. The van der Waals surface area contributed by atoms with E-state index in [0.717, 1.165) is 11.1 Å². The summed E-state index contributed by atoms with van der Waals surface area (Å²) in [5.74, 6) is 0. The molecular weight excluding hydrogens is 290 g/mol. The van der Waals surface area contributed by atoms with Gasteiger partial charge in [0.05, 0.1) is 11.1 Å². The Labute approximate surface area is 124 Å². The van der Waals surface area contributed by atoms with Crippen molar-refractivity contribution in [2.45, 2.75) is 17.7 Å². The summed E-state index contributed by atoms with van der Waals surface area (Å²) < 4.78 is 28.5. The number of hydrogen-bond donors (Lipinski definition) is 2. The highest BCUT2D eigenvalue weighted by molar-refractivity contribution is 7.89. The summed E-state index contributed by atoms with van der Waals surface area (Å²) in [6.07, 6.45) is 4.69. The molecule has 0 amide bonds. The second-order valence-corrected chi connectivity index (χ2v) is 6.55. The molecule has 0 atom stereocenters. The van der Waals surface area contributed by atoms with Gasteiger partial charge in [-0.25, -0.2) is 13.1 Å². The van der Waals surface area contributed by atoms with E-state index in [9.17, 15) is 8.42 Å². The SMILES string of the molecule is Cn1cc(CCNS(=O)(=O)c2ccc(CCO)cc2)cn1. The van der Waals surface area contributed by atoms with Crippen LogP contribution in [-0.4, -0.2) is 36.5 Å². The molecule has 1 heterocycles. The number of hydrogen-bond acceptors (Lipinski definition) is 4. The van der Waals surface area contributed by atoms with Gasteiger partial charge in [0.1, 0.15) is 0 Å². The Kier molecular flexibility index (Phi) is 5.11. The molecule has 0 aliphatic carbocycles. The smallest absolute Gasteiger partial charge is 0.240 e. The number of rotatable bonds is 7. The molecule has 0 saturated heterocycles. The average Bonchev–Trinajstić information content (AvgIpc) is 2.85. The summed E-state index contributed by atoms with van der Waals surface area (Å²) in [5, 5.41) is 12.9. The Bertz CT molecular complexity index is 678. The van der Waals surface area contributed by atoms with E-state index in [1.807, 2.05) is 13.2 Å². The number of benzene rings is 1. The first kappa shape index (κ1) is 15.7. The van der Waals surface area contributed by atoms with Gasteiger partial charge in [-0.2, -0.15) is 5.10 Å². The van der Waals surface area contributed by atoms with Gasteiger partial charge in [0.25, 0.3) is 0 Å². The van der Waals surface area contributed by atoms with Crippen molar-refractivity contribution < 1.29 is 13.5 Å². The van der Waals surface area contributed by atoms with Crippen molar-refractivity contribution in [1.82, 2.24) is 14.5 Å². The van der Waals surface area contributed by atoms with Crippen LogP contribution in [-0.2, 0) is 29.9 Å². The van der Waals surface area contributed by atoms with Crippen molar-refractivity contribution in [2.24, 2.45) is 7.05 Å². The molecule has 6 nitrogen and oxygen atoms in total. The molecule has 0 spiro atoms. The van der Waals surface area contributed by atoms with Crippen LogP contribution in [0.4, 0.5) is 0 Å². The molecule has 0 aliphatic heterocycles. The van der Waals surface area contributed by atoms with E-state index in [4.69, 9.17) is 5.11 Å². The maximum atomic E-state index is 12.1. The van der Waals surface area contributed by atoms with E-state index in [1.54, 1.807) is 35.1 Å². The highest BCUT2D eigenvalue weighted by Crippen LogP contribution is 2.11. The molecule has 2 aromatic rings. The molecule has 7 heteroatoms. The third-order valence-corrected chi connectivity index (χ3v) is 4.58. The van der Waals surface area contributed by atoms with E-state index < -0.39 is 10.0 Å². The Morgan fingerprint density at radius 3 is 2.48 bits per heavy atom. The molecule has 0 aliphatic rings. The van der Waals surface area contributed by atoms with Crippen LogP contribution in [0.5, 0.6) is 0 Å². The Balaban J connectivity index is 1.94. The monoisotopic (exact) mass is 309 g/mol. The fraction of sp³-hybridized carbons (Fsp3) is 0.357. The van der Waals surface area contributed by atoms with Gasteiger partial charge in [-0.15, -0.1) is 0 Å². The van der Waals surface area contributed by atoms with Crippen LogP contribution in [0.3, 0.4) is 0 Å². The summed E-state index contributed by atoms with van der Waals surface area (Å²) in [6.45, 7) is 0.377. The lowest BCUT2D eigenvalue weighted by Crippen LogP contribution is -2.25. The number of aromatic nitrogens is 2. The third-order valence-electron chi connectivity index (χ3n) is 3.10. The van der Waals surface area contributed by atoms with Gasteiger partial charge >= 0.3 is 0 Å². The zero-order valence-corrected chi connectivity index (χ0v) is 12.7. The maximum absolute atomic E-state index is 12.1. The van der Waals surface area contributed by atoms with Gasteiger partial charge in [-0.05, 0) is 36.1 Å². The lowest BCUT2D eigenvalue weighted by molar-refractivity contribution is 0.299. The molecular formula is C14H19N3O3S. The minimum Gasteiger partial charge on any atom is -0.396 e. The predicted octanol–water partition coefficient (Wildman–Crippen LogP) is 0.476. The van der Waals surface area contributed by atoms with E-state index in [-0.39, 0.29) is 11.5 Å². The van der Waals surface area contributed by atoms with Gasteiger partial charge in [-0.1, -0.05) is 12.1 Å². The largest absolute Gasteiger partial charge is 0.396 e. The molecule has 1 aromatic heterocycles. The zero-order valence-electron chi connectivity index (χ0n) is 11.9. The van der Waals surface area contributed by atoms with Crippen LogP contribution in [0.1, 0.15) is 11.1 Å². The van der Waals surface area contributed by atoms with Crippen LogP contribution >= 0.6 is 0 Å². The van der Waals surface area contributed by atoms with E-state index in [0.29, 0.717) is 19.4 Å². The van der Waals surface area contributed by atoms with E-state index in [2.05, 4.69) is 9.82 Å². The molecule has 2 rings (SSSR count). The number of aliphatic hydroxyl groups is 1. The fourth-order valence-electron chi connectivity index (χ4n) is 1.98. The molecule has 114 valence electrons. The van der Waals surface area contributed by atoms with Crippen molar-refractivity contribution in [3.63, 3.8) is 0 Å². The second-order valence-electron chi connectivity index (χ2n) is 4.79. The molecule has 0 bridgehead atoms. The van der Waals surface area contributed by atoms with Crippen molar-refractivity contribution in [3.8, 4) is 0 Å². The van der Waals surface area contributed by atoms with Gasteiger partial charge in [0.2, 0.25) is 10.0 Å². The lowest BCUT2D eigenvalue weighted by Gasteiger charge is -2.07. The summed E-state index contributed by atoms with van der Waals surface area (Å²) in [5.41, 5.74) is 1.89. The quantitative estimate of drug-likeness (QED) is 0.779. The highest BCUT2D eigenvalue weighted by Gasteiger charge is 2.13. The number of aliphatic hydroxyl groups excluding tert-OH is 1.